The maximum absolute atomic E-state index is 11.6. The monoisotopic (exact) mass is 212 g/mol. The summed E-state index contributed by atoms with van der Waals surface area (Å²) in [5, 5.41) is 6.19. The second kappa shape index (κ2) is 5.47. The molecule has 2 aliphatic rings. The van der Waals surface area contributed by atoms with Crippen LogP contribution in [0.2, 0.25) is 0 Å². The number of nitrogens with one attached hydrogen (secondary N) is 2. The summed E-state index contributed by atoms with van der Waals surface area (Å²) in [6.45, 7) is 3.54. The smallest absolute Gasteiger partial charge is 0.237 e. The highest BCUT2D eigenvalue weighted by Gasteiger charge is 2.22. The Morgan fingerprint density at radius 1 is 1.47 bits per heavy atom. The maximum Gasteiger partial charge on any atom is 0.237 e. The van der Waals surface area contributed by atoms with Gasteiger partial charge in [-0.3, -0.25) is 4.79 Å². The van der Waals surface area contributed by atoms with E-state index in [1.165, 1.54) is 0 Å². The van der Waals surface area contributed by atoms with Crippen molar-refractivity contribution in [1.82, 2.24) is 10.6 Å². The van der Waals surface area contributed by atoms with Crippen LogP contribution in [0.4, 0.5) is 0 Å². The van der Waals surface area contributed by atoms with Crippen molar-refractivity contribution in [2.75, 3.05) is 26.3 Å². The first-order valence-electron chi connectivity index (χ1n) is 5.95. The molecule has 4 nitrogen and oxygen atoms in total. The van der Waals surface area contributed by atoms with Gasteiger partial charge in [0.1, 0.15) is 0 Å². The van der Waals surface area contributed by atoms with Gasteiger partial charge in [0.2, 0.25) is 5.91 Å². The zero-order chi connectivity index (χ0) is 10.5. The van der Waals surface area contributed by atoms with Gasteiger partial charge in [0.15, 0.2) is 0 Å². The van der Waals surface area contributed by atoms with Gasteiger partial charge in [-0.2, -0.15) is 0 Å². The predicted octanol–water partition coefficient (Wildman–Crippen LogP) is 0.281. The predicted molar refractivity (Wildman–Crippen MR) is 57.6 cm³/mol. The molecule has 2 rings (SSSR count). The molecule has 2 heterocycles. The normalized spacial score (nSPS) is 30.7. The molecule has 0 spiro atoms. The Kier molecular flexibility index (Phi) is 3.97. The summed E-state index contributed by atoms with van der Waals surface area (Å²) >= 11 is 0. The maximum atomic E-state index is 11.6. The van der Waals surface area contributed by atoms with Crippen LogP contribution in [0.5, 0.6) is 0 Å². The van der Waals surface area contributed by atoms with Gasteiger partial charge in [-0.1, -0.05) is 0 Å². The fourth-order valence-corrected chi connectivity index (χ4v) is 2.24. The van der Waals surface area contributed by atoms with Gasteiger partial charge in [-0.15, -0.1) is 0 Å². The average molecular weight is 212 g/mol. The summed E-state index contributed by atoms with van der Waals surface area (Å²) in [6.07, 6.45) is 4.31. The number of carbonyl (C=O) groups is 1. The zero-order valence-corrected chi connectivity index (χ0v) is 9.13. The number of rotatable bonds is 4. The second-order valence-corrected chi connectivity index (χ2v) is 4.46. The third-order valence-electron chi connectivity index (χ3n) is 3.25. The molecule has 15 heavy (non-hydrogen) atoms. The molecule has 0 aromatic rings. The minimum atomic E-state index is 0.0600. The molecule has 1 amide bonds. The van der Waals surface area contributed by atoms with Gasteiger partial charge in [0.25, 0.3) is 0 Å². The number of ether oxygens (including phenoxy) is 1. The molecule has 0 aliphatic carbocycles. The van der Waals surface area contributed by atoms with Crippen LogP contribution < -0.4 is 10.6 Å². The van der Waals surface area contributed by atoms with Gasteiger partial charge in [-0.05, 0) is 38.1 Å². The van der Waals surface area contributed by atoms with Gasteiger partial charge < -0.3 is 15.4 Å². The van der Waals surface area contributed by atoms with Gasteiger partial charge in [0.05, 0.1) is 6.04 Å². The van der Waals surface area contributed by atoms with Crippen LogP contribution in [0.1, 0.15) is 25.7 Å². The van der Waals surface area contributed by atoms with Crippen LogP contribution in [-0.4, -0.2) is 38.3 Å². The third kappa shape index (κ3) is 3.18. The average Bonchev–Trinajstić information content (AvgIpc) is 2.90. The lowest BCUT2D eigenvalue weighted by Gasteiger charge is -2.12. The van der Waals surface area contributed by atoms with E-state index in [2.05, 4.69) is 10.6 Å². The van der Waals surface area contributed by atoms with Crippen LogP contribution >= 0.6 is 0 Å². The minimum absolute atomic E-state index is 0.0600. The Labute approximate surface area is 90.8 Å². The first-order chi connectivity index (χ1) is 7.36. The molecule has 0 aromatic heterocycles. The van der Waals surface area contributed by atoms with E-state index in [1.54, 1.807) is 0 Å². The Hall–Kier alpha value is -0.610. The molecule has 2 fully saturated rings. The summed E-state index contributed by atoms with van der Waals surface area (Å²) in [5.74, 6) is 0.827. The highest BCUT2D eigenvalue weighted by molar-refractivity contribution is 5.81. The molecular weight excluding hydrogens is 192 g/mol. The van der Waals surface area contributed by atoms with Crippen LogP contribution in [0, 0.1) is 5.92 Å². The fourth-order valence-electron chi connectivity index (χ4n) is 2.24. The molecular formula is C11H20N2O2. The van der Waals surface area contributed by atoms with Gasteiger partial charge in [-0.25, -0.2) is 0 Å². The lowest BCUT2D eigenvalue weighted by atomic mass is 10.1. The molecule has 2 saturated heterocycles. The molecule has 4 heteroatoms. The summed E-state index contributed by atoms with van der Waals surface area (Å²) < 4.78 is 5.29. The Morgan fingerprint density at radius 3 is 3.07 bits per heavy atom. The van der Waals surface area contributed by atoms with E-state index in [-0.39, 0.29) is 11.9 Å². The summed E-state index contributed by atoms with van der Waals surface area (Å²) in [5.41, 5.74) is 0. The lowest BCUT2D eigenvalue weighted by Crippen LogP contribution is -2.41. The Balaban J connectivity index is 1.58. The Morgan fingerprint density at radius 2 is 2.40 bits per heavy atom. The van der Waals surface area contributed by atoms with E-state index in [0.29, 0.717) is 5.92 Å². The highest BCUT2D eigenvalue weighted by atomic mass is 16.5. The van der Waals surface area contributed by atoms with Crippen molar-refractivity contribution in [3.05, 3.63) is 0 Å². The van der Waals surface area contributed by atoms with Crippen molar-refractivity contribution < 1.29 is 9.53 Å². The molecule has 0 radical (unpaired) electrons. The van der Waals surface area contributed by atoms with Crippen molar-refractivity contribution >= 4 is 5.91 Å². The SMILES string of the molecule is O=C(NCCC1CCOC1)[C@H]1CCCN1. The zero-order valence-electron chi connectivity index (χ0n) is 9.13. The van der Waals surface area contributed by atoms with E-state index in [9.17, 15) is 4.79 Å². The van der Waals surface area contributed by atoms with Gasteiger partial charge >= 0.3 is 0 Å². The van der Waals surface area contributed by atoms with Crippen molar-refractivity contribution in [2.24, 2.45) is 5.92 Å². The fraction of sp³-hybridized carbons (Fsp3) is 0.909. The topological polar surface area (TPSA) is 50.4 Å². The van der Waals surface area contributed by atoms with E-state index in [0.717, 1.165) is 52.0 Å². The molecule has 0 aromatic carbocycles. The van der Waals surface area contributed by atoms with E-state index in [4.69, 9.17) is 4.74 Å². The minimum Gasteiger partial charge on any atom is -0.381 e. The molecule has 2 atom stereocenters. The molecule has 0 saturated carbocycles. The summed E-state index contributed by atoms with van der Waals surface area (Å²) in [4.78, 5) is 11.6. The largest absolute Gasteiger partial charge is 0.381 e. The van der Waals surface area contributed by atoms with Crippen LogP contribution in [0.25, 0.3) is 0 Å². The number of hydrogen-bond donors (Lipinski definition) is 2. The number of hydrogen-bond acceptors (Lipinski definition) is 3. The summed E-state index contributed by atoms with van der Waals surface area (Å²) in [7, 11) is 0. The standard InChI is InChI=1S/C11H20N2O2/c14-11(10-2-1-5-12-10)13-6-3-9-4-7-15-8-9/h9-10,12H,1-8H2,(H,13,14)/t9?,10-/m1/s1. The Bertz CT molecular complexity index is 209. The molecule has 1 unspecified atom stereocenters. The molecule has 0 bridgehead atoms. The quantitative estimate of drug-likeness (QED) is 0.704. The van der Waals surface area contributed by atoms with E-state index in [1.807, 2.05) is 0 Å². The summed E-state index contributed by atoms with van der Waals surface area (Å²) in [6, 6.07) is 0.0600. The van der Waals surface area contributed by atoms with Crippen LogP contribution in [-0.2, 0) is 9.53 Å². The van der Waals surface area contributed by atoms with Gasteiger partial charge in [0, 0.05) is 19.8 Å². The van der Waals surface area contributed by atoms with Crippen molar-refractivity contribution in [1.29, 1.82) is 0 Å². The first-order valence-corrected chi connectivity index (χ1v) is 5.95. The van der Waals surface area contributed by atoms with Crippen molar-refractivity contribution in [3.8, 4) is 0 Å². The molecule has 2 aliphatic heterocycles. The van der Waals surface area contributed by atoms with Crippen LogP contribution in [0.3, 0.4) is 0 Å². The first kappa shape index (κ1) is 10.9. The van der Waals surface area contributed by atoms with Crippen LogP contribution in [0.15, 0.2) is 0 Å². The highest BCUT2D eigenvalue weighted by Crippen LogP contribution is 2.15. The molecule has 2 N–H and O–H groups in total. The molecule has 86 valence electrons. The van der Waals surface area contributed by atoms with Crippen molar-refractivity contribution in [2.45, 2.75) is 31.7 Å². The third-order valence-corrected chi connectivity index (χ3v) is 3.25. The number of carbonyl (C=O) groups excluding carboxylic acids is 1. The van der Waals surface area contributed by atoms with E-state index >= 15 is 0 Å². The number of amides is 1. The van der Waals surface area contributed by atoms with Crippen molar-refractivity contribution in [3.63, 3.8) is 0 Å². The lowest BCUT2D eigenvalue weighted by molar-refractivity contribution is -0.122. The van der Waals surface area contributed by atoms with E-state index < -0.39 is 0 Å². The second-order valence-electron chi connectivity index (χ2n) is 4.46.